The first-order valence-corrected chi connectivity index (χ1v) is 14.1. The minimum Gasteiger partial charge on any atom is -0.162 e. The maximum Gasteiger partial charge on any atom is -0.00675 e. The second-order valence-corrected chi connectivity index (χ2v) is 9.91. The molecule has 0 aliphatic rings. The van der Waals surface area contributed by atoms with Gasteiger partial charge in [0.1, 0.15) is 0 Å². The van der Waals surface area contributed by atoms with E-state index in [1.807, 2.05) is 0 Å². The first kappa shape index (κ1) is 27.4. The molecule has 0 aromatic heterocycles. The van der Waals surface area contributed by atoms with E-state index in [4.69, 9.17) is 0 Å². The van der Waals surface area contributed by atoms with Gasteiger partial charge in [0, 0.05) is 0 Å². The summed E-state index contributed by atoms with van der Waals surface area (Å²) in [4.78, 5) is 0. The summed E-state index contributed by atoms with van der Waals surface area (Å²) in [6.07, 6.45) is 32.2. The van der Waals surface area contributed by atoms with Crippen LogP contribution in [-0.2, 0) is 0 Å². The molecular formula is C26H54S. The molecule has 0 spiro atoms. The SMILES string of the molecule is CCCCCCCCCCCCCCSCCCCCCCCCCCC. The highest BCUT2D eigenvalue weighted by Crippen LogP contribution is 2.15. The second kappa shape index (κ2) is 26.4. The third-order valence-electron chi connectivity index (χ3n) is 5.78. The molecule has 0 N–H and O–H groups in total. The van der Waals surface area contributed by atoms with Gasteiger partial charge in [0.15, 0.2) is 0 Å². The van der Waals surface area contributed by atoms with Crippen LogP contribution in [0.3, 0.4) is 0 Å². The molecule has 0 unspecified atom stereocenters. The van der Waals surface area contributed by atoms with Crippen LogP contribution < -0.4 is 0 Å². The van der Waals surface area contributed by atoms with Crippen LogP contribution in [0.15, 0.2) is 0 Å². The molecule has 0 nitrogen and oxygen atoms in total. The van der Waals surface area contributed by atoms with E-state index in [9.17, 15) is 0 Å². The zero-order valence-electron chi connectivity index (χ0n) is 19.4. The lowest BCUT2D eigenvalue weighted by Gasteiger charge is -2.04. The molecule has 0 amide bonds. The van der Waals surface area contributed by atoms with E-state index in [1.165, 1.54) is 153 Å². The van der Waals surface area contributed by atoms with Crippen LogP contribution in [0.2, 0.25) is 0 Å². The van der Waals surface area contributed by atoms with Crippen LogP contribution >= 0.6 is 11.8 Å². The Morgan fingerprint density at radius 1 is 0.296 bits per heavy atom. The van der Waals surface area contributed by atoms with E-state index in [0.717, 1.165) is 0 Å². The van der Waals surface area contributed by atoms with Gasteiger partial charge in [-0.15, -0.1) is 0 Å². The van der Waals surface area contributed by atoms with Crippen LogP contribution in [0.25, 0.3) is 0 Å². The second-order valence-electron chi connectivity index (χ2n) is 8.68. The Balaban J connectivity index is 2.95. The van der Waals surface area contributed by atoms with Gasteiger partial charge in [-0.25, -0.2) is 0 Å². The lowest BCUT2D eigenvalue weighted by Crippen LogP contribution is -1.87. The lowest BCUT2D eigenvalue weighted by atomic mass is 10.1. The van der Waals surface area contributed by atoms with Crippen molar-refractivity contribution in [3.8, 4) is 0 Å². The molecule has 0 aromatic carbocycles. The van der Waals surface area contributed by atoms with Crippen LogP contribution in [0.4, 0.5) is 0 Å². The number of thioether (sulfide) groups is 1. The molecule has 0 radical (unpaired) electrons. The monoisotopic (exact) mass is 398 g/mol. The van der Waals surface area contributed by atoms with E-state index in [1.54, 1.807) is 0 Å². The average Bonchev–Trinajstić information content (AvgIpc) is 2.68. The molecule has 0 bridgehead atoms. The van der Waals surface area contributed by atoms with Gasteiger partial charge < -0.3 is 0 Å². The fourth-order valence-corrected chi connectivity index (χ4v) is 4.86. The first-order valence-electron chi connectivity index (χ1n) is 13.0. The van der Waals surface area contributed by atoms with Gasteiger partial charge in [0.05, 0.1) is 0 Å². The Labute approximate surface area is 178 Å². The van der Waals surface area contributed by atoms with Crippen molar-refractivity contribution in [2.24, 2.45) is 0 Å². The van der Waals surface area contributed by atoms with Gasteiger partial charge in [0.25, 0.3) is 0 Å². The predicted octanol–water partition coefficient (Wildman–Crippen LogP) is 10.3. The molecular weight excluding hydrogens is 344 g/mol. The van der Waals surface area contributed by atoms with Gasteiger partial charge >= 0.3 is 0 Å². The molecule has 0 saturated heterocycles. The molecule has 0 aliphatic heterocycles. The van der Waals surface area contributed by atoms with E-state index >= 15 is 0 Å². The van der Waals surface area contributed by atoms with Gasteiger partial charge in [-0.3, -0.25) is 0 Å². The summed E-state index contributed by atoms with van der Waals surface area (Å²) >= 11 is 2.21. The topological polar surface area (TPSA) is 0 Å². The summed E-state index contributed by atoms with van der Waals surface area (Å²) in [5.74, 6) is 2.82. The van der Waals surface area contributed by atoms with Gasteiger partial charge in [-0.05, 0) is 24.3 Å². The quantitative estimate of drug-likeness (QED) is 0.146. The molecule has 0 aliphatic carbocycles. The summed E-state index contributed by atoms with van der Waals surface area (Å²) in [5.41, 5.74) is 0. The highest BCUT2D eigenvalue weighted by atomic mass is 32.2. The minimum absolute atomic E-state index is 1.37. The molecule has 0 rings (SSSR count). The van der Waals surface area contributed by atoms with Crippen LogP contribution in [-0.4, -0.2) is 11.5 Å². The summed E-state index contributed by atoms with van der Waals surface area (Å²) in [5, 5.41) is 0. The first-order chi connectivity index (χ1) is 13.4. The van der Waals surface area contributed by atoms with Crippen molar-refractivity contribution in [2.75, 3.05) is 11.5 Å². The third kappa shape index (κ3) is 26.4. The Morgan fingerprint density at radius 2 is 0.519 bits per heavy atom. The van der Waals surface area contributed by atoms with Crippen molar-refractivity contribution >= 4 is 11.8 Å². The van der Waals surface area contributed by atoms with Crippen molar-refractivity contribution < 1.29 is 0 Å². The van der Waals surface area contributed by atoms with Crippen LogP contribution in [0.5, 0.6) is 0 Å². The van der Waals surface area contributed by atoms with Crippen LogP contribution in [0, 0.1) is 0 Å². The molecule has 164 valence electrons. The van der Waals surface area contributed by atoms with E-state index in [-0.39, 0.29) is 0 Å². The Bertz CT molecular complexity index is 214. The molecule has 0 fully saturated rings. The van der Waals surface area contributed by atoms with Crippen molar-refractivity contribution in [2.45, 2.75) is 155 Å². The van der Waals surface area contributed by atoms with Crippen molar-refractivity contribution in [1.82, 2.24) is 0 Å². The fourth-order valence-electron chi connectivity index (χ4n) is 3.84. The maximum atomic E-state index is 2.30. The zero-order chi connectivity index (χ0) is 19.7. The molecule has 27 heavy (non-hydrogen) atoms. The highest BCUT2D eigenvalue weighted by molar-refractivity contribution is 7.99. The van der Waals surface area contributed by atoms with Gasteiger partial charge in [-0.1, -0.05) is 142 Å². The standard InChI is InChI=1S/C26H54S/c1-3-5-7-9-11-13-15-16-18-20-22-24-26-27-25-23-21-19-17-14-12-10-8-6-4-2/h3-26H2,1-2H3. The summed E-state index contributed by atoms with van der Waals surface area (Å²) in [6, 6.07) is 0. The van der Waals surface area contributed by atoms with Gasteiger partial charge in [0.2, 0.25) is 0 Å². The summed E-state index contributed by atoms with van der Waals surface area (Å²) < 4.78 is 0. The molecule has 0 heterocycles. The highest BCUT2D eigenvalue weighted by Gasteiger charge is 1.95. The lowest BCUT2D eigenvalue weighted by molar-refractivity contribution is 0.548. The molecule has 0 saturated carbocycles. The number of hydrogen-bond acceptors (Lipinski definition) is 1. The number of unbranched alkanes of at least 4 members (excludes halogenated alkanes) is 20. The van der Waals surface area contributed by atoms with Crippen molar-refractivity contribution in [3.05, 3.63) is 0 Å². The van der Waals surface area contributed by atoms with Crippen molar-refractivity contribution in [3.63, 3.8) is 0 Å². The van der Waals surface area contributed by atoms with Crippen molar-refractivity contribution in [1.29, 1.82) is 0 Å². The van der Waals surface area contributed by atoms with E-state index < -0.39 is 0 Å². The van der Waals surface area contributed by atoms with Crippen LogP contribution in [0.1, 0.15) is 155 Å². The smallest absolute Gasteiger partial charge is 0.00675 e. The van der Waals surface area contributed by atoms with E-state index in [0.29, 0.717) is 0 Å². The molecule has 0 aromatic rings. The predicted molar refractivity (Wildman–Crippen MR) is 130 cm³/mol. The van der Waals surface area contributed by atoms with Gasteiger partial charge in [-0.2, -0.15) is 11.8 Å². The average molecular weight is 399 g/mol. The Kier molecular flexibility index (Phi) is 26.7. The summed E-state index contributed by atoms with van der Waals surface area (Å²) in [6.45, 7) is 4.60. The largest absolute Gasteiger partial charge is 0.162 e. The summed E-state index contributed by atoms with van der Waals surface area (Å²) in [7, 11) is 0. The minimum atomic E-state index is 1.37. The third-order valence-corrected chi connectivity index (χ3v) is 6.94. The molecule has 0 atom stereocenters. The number of hydrogen-bond donors (Lipinski definition) is 0. The Hall–Kier alpha value is 0.350. The number of rotatable bonds is 24. The van der Waals surface area contributed by atoms with E-state index in [2.05, 4.69) is 25.6 Å². The maximum absolute atomic E-state index is 2.30. The zero-order valence-corrected chi connectivity index (χ0v) is 20.2. The molecule has 1 heteroatoms. The fraction of sp³-hybridized carbons (Fsp3) is 1.00. The Morgan fingerprint density at radius 3 is 0.778 bits per heavy atom. The normalized spacial score (nSPS) is 11.3.